The van der Waals surface area contributed by atoms with Gasteiger partial charge >= 0.3 is 0 Å². The SMILES string of the molecule is COc1ccc(N(C(=O)c2snc(C(N)=O)c2N)[C@H](C(=O)NC(C)(C)C)c2ccc(C)cc2)cc1OC. The Kier molecular flexibility index (Phi) is 8.07. The number of benzene rings is 2. The lowest BCUT2D eigenvalue weighted by molar-refractivity contribution is -0.123. The molecule has 5 N–H and O–H groups in total. The predicted octanol–water partition coefficient (Wildman–Crippen LogP) is 3.45. The molecule has 1 heterocycles. The lowest BCUT2D eigenvalue weighted by atomic mass is 9.99. The summed E-state index contributed by atoms with van der Waals surface area (Å²) in [5.41, 5.74) is 12.4. The van der Waals surface area contributed by atoms with Crippen molar-refractivity contribution < 1.29 is 23.9 Å². The number of anilines is 2. The van der Waals surface area contributed by atoms with Crippen LogP contribution in [0.5, 0.6) is 11.5 Å². The van der Waals surface area contributed by atoms with Gasteiger partial charge in [-0.1, -0.05) is 29.8 Å². The second-order valence-electron chi connectivity index (χ2n) is 9.41. The summed E-state index contributed by atoms with van der Waals surface area (Å²) in [6.07, 6.45) is 0. The number of ether oxygens (including phenoxy) is 2. The first-order valence-electron chi connectivity index (χ1n) is 11.4. The van der Waals surface area contributed by atoms with Crippen molar-refractivity contribution in [2.45, 2.75) is 39.3 Å². The van der Waals surface area contributed by atoms with E-state index < -0.39 is 29.3 Å². The summed E-state index contributed by atoms with van der Waals surface area (Å²) < 4.78 is 14.8. The van der Waals surface area contributed by atoms with E-state index in [2.05, 4.69) is 9.69 Å². The number of nitrogens with one attached hydrogen (secondary N) is 1. The van der Waals surface area contributed by atoms with Crippen LogP contribution >= 0.6 is 11.5 Å². The molecule has 1 aromatic heterocycles. The van der Waals surface area contributed by atoms with Crippen molar-refractivity contribution in [1.29, 1.82) is 0 Å². The molecule has 37 heavy (non-hydrogen) atoms. The van der Waals surface area contributed by atoms with E-state index in [0.717, 1.165) is 17.1 Å². The van der Waals surface area contributed by atoms with Crippen molar-refractivity contribution in [3.05, 3.63) is 64.2 Å². The van der Waals surface area contributed by atoms with Crippen LogP contribution in [-0.2, 0) is 4.79 Å². The van der Waals surface area contributed by atoms with Crippen LogP contribution in [0, 0.1) is 6.92 Å². The first kappa shape index (κ1) is 27.5. The third-order valence-electron chi connectivity index (χ3n) is 5.42. The summed E-state index contributed by atoms with van der Waals surface area (Å²) in [4.78, 5) is 41.0. The van der Waals surface area contributed by atoms with Gasteiger partial charge in [0.05, 0.1) is 19.9 Å². The minimum atomic E-state index is -1.11. The van der Waals surface area contributed by atoms with Gasteiger partial charge in [0.2, 0.25) is 5.91 Å². The Morgan fingerprint density at radius 1 is 1.03 bits per heavy atom. The van der Waals surface area contributed by atoms with Crippen molar-refractivity contribution in [3.8, 4) is 11.5 Å². The van der Waals surface area contributed by atoms with E-state index >= 15 is 0 Å². The van der Waals surface area contributed by atoms with Gasteiger partial charge in [-0.05, 0) is 56.9 Å². The number of primary amides is 1. The van der Waals surface area contributed by atoms with Gasteiger partial charge in [-0.3, -0.25) is 19.3 Å². The van der Waals surface area contributed by atoms with Gasteiger partial charge in [0.15, 0.2) is 17.2 Å². The Hall–Kier alpha value is -4.12. The van der Waals surface area contributed by atoms with Crippen molar-refractivity contribution in [2.75, 3.05) is 24.9 Å². The fourth-order valence-corrected chi connectivity index (χ4v) is 4.44. The van der Waals surface area contributed by atoms with E-state index in [-0.39, 0.29) is 16.3 Å². The Balaban J connectivity index is 2.29. The third-order valence-corrected chi connectivity index (χ3v) is 6.27. The normalized spacial score (nSPS) is 11.9. The van der Waals surface area contributed by atoms with E-state index in [1.165, 1.54) is 19.1 Å². The Morgan fingerprint density at radius 2 is 1.65 bits per heavy atom. The zero-order valence-electron chi connectivity index (χ0n) is 21.6. The lowest BCUT2D eigenvalue weighted by Gasteiger charge is -2.34. The van der Waals surface area contributed by atoms with Gasteiger partial charge in [-0.2, -0.15) is 4.37 Å². The van der Waals surface area contributed by atoms with Crippen LogP contribution in [0.25, 0.3) is 0 Å². The van der Waals surface area contributed by atoms with Crippen LogP contribution in [-0.4, -0.2) is 41.9 Å². The first-order valence-corrected chi connectivity index (χ1v) is 12.1. The molecule has 0 spiro atoms. The minimum Gasteiger partial charge on any atom is -0.493 e. The number of methoxy groups -OCH3 is 2. The molecule has 10 nitrogen and oxygen atoms in total. The maximum atomic E-state index is 14.1. The highest BCUT2D eigenvalue weighted by atomic mass is 32.1. The Bertz CT molecular complexity index is 1310. The van der Waals surface area contributed by atoms with Gasteiger partial charge in [-0.15, -0.1) is 0 Å². The van der Waals surface area contributed by atoms with E-state index in [9.17, 15) is 14.4 Å². The highest BCUT2D eigenvalue weighted by Crippen LogP contribution is 2.38. The van der Waals surface area contributed by atoms with Crippen LogP contribution in [0.4, 0.5) is 11.4 Å². The van der Waals surface area contributed by atoms with Crippen LogP contribution < -0.4 is 31.2 Å². The molecule has 0 fully saturated rings. The number of carbonyl (C=O) groups excluding carboxylic acids is 3. The number of hydrogen-bond acceptors (Lipinski definition) is 8. The molecule has 0 radical (unpaired) electrons. The number of aryl methyl sites for hydroxylation is 1. The summed E-state index contributed by atoms with van der Waals surface area (Å²) >= 11 is 0.738. The smallest absolute Gasteiger partial charge is 0.273 e. The topological polar surface area (TPSA) is 150 Å². The quantitative estimate of drug-likeness (QED) is 0.408. The number of carbonyl (C=O) groups is 3. The summed E-state index contributed by atoms with van der Waals surface area (Å²) in [6, 6.07) is 11.0. The number of nitrogen functional groups attached to an aromatic ring is 1. The predicted molar refractivity (Wildman–Crippen MR) is 143 cm³/mol. The standard InChI is InChI=1S/C26H31N5O5S/c1-14-7-9-15(10-8-14)21(24(33)29-26(2,3)4)31(16-11-12-17(35-5)18(13-16)36-6)25(34)22-19(27)20(23(28)32)30-37-22/h7-13,21H,27H2,1-6H3,(H2,28,32)(H,29,33)/t21-/m0/s1. The molecule has 3 aromatic rings. The molecule has 0 aliphatic rings. The second kappa shape index (κ2) is 10.9. The molecule has 11 heteroatoms. The number of hydrogen-bond donors (Lipinski definition) is 3. The minimum absolute atomic E-state index is 0.0238. The van der Waals surface area contributed by atoms with E-state index in [1.54, 1.807) is 30.3 Å². The van der Waals surface area contributed by atoms with Gasteiger partial charge in [0.1, 0.15) is 10.9 Å². The Labute approximate surface area is 219 Å². The molecule has 0 unspecified atom stereocenters. The fourth-order valence-electron chi connectivity index (χ4n) is 3.70. The van der Waals surface area contributed by atoms with Crippen LogP contribution in [0.2, 0.25) is 0 Å². The molecule has 196 valence electrons. The summed E-state index contributed by atoms with van der Waals surface area (Å²) in [5, 5.41) is 2.97. The Morgan fingerprint density at radius 3 is 2.16 bits per heavy atom. The molecule has 1 atom stereocenters. The number of amides is 3. The van der Waals surface area contributed by atoms with E-state index in [1.807, 2.05) is 39.8 Å². The molecular weight excluding hydrogens is 494 g/mol. The summed E-state index contributed by atoms with van der Waals surface area (Å²) in [5.74, 6) is -1.11. The second-order valence-corrected chi connectivity index (χ2v) is 10.2. The average molecular weight is 526 g/mol. The fraction of sp³-hybridized carbons (Fsp3) is 0.308. The monoisotopic (exact) mass is 525 g/mol. The first-order chi connectivity index (χ1) is 17.4. The number of nitrogens with two attached hydrogens (primary N) is 2. The maximum absolute atomic E-state index is 14.1. The molecular formula is C26H31N5O5S. The van der Waals surface area contributed by atoms with E-state index in [4.69, 9.17) is 20.9 Å². The van der Waals surface area contributed by atoms with Crippen molar-refractivity contribution in [1.82, 2.24) is 9.69 Å². The van der Waals surface area contributed by atoms with Crippen molar-refractivity contribution >= 4 is 40.6 Å². The summed E-state index contributed by atoms with van der Waals surface area (Å²) in [6.45, 7) is 7.47. The highest BCUT2D eigenvalue weighted by Gasteiger charge is 2.37. The summed E-state index contributed by atoms with van der Waals surface area (Å²) in [7, 11) is 2.97. The molecule has 3 amide bonds. The van der Waals surface area contributed by atoms with Crippen molar-refractivity contribution in [3.63, 3.8) is 0 Å². The van der Waals surface area contributed by atoms with Gasteiger partial charge in [0.25, 0.3) is 11.8 Å². The van der Waals surface area contributed by atoms with Gasteiger partial charge in [-0.25, -0.2) is 0 Å². The number of nitrogens with zero attached hydrogens (tertiary/aromatic N) is 2. The average Bonchev–Trinajstić information content (AvgIpc) is 3.22. The maximum Gasteiger partial charge on any atom is 0.273 e. The molecule has 0 aliphatic carbocycles. The molecule has 3 rings (SSSR count). The largest absolute Gasteiger partial charge is 0.493 e. The van der Waals surface area contributed by atoms with Crippen LogP contribution in [0.15, 0.2) is 42.5 Å². The molecule has 0 aliphatic heterocycles. The van der Waals surface area contributed by atoms with Crippen molar-refractivity contribution in [2.24, 2.45) is 5.73 Å². The number of rotatable bonds is 8. The van der Waals surface area contributed by atoms with Crippen LogP contribution in [0.3, 0.4) is 0 Å². The van der Waals surface area contributed by atoms with Gasteiger partial charge in [0, 0.05) is 17.3 Å². The van der Waals surface area contributed by atoms with E-state index in [0.29, 0.717) is 22.7 Å². The highest BCUT2D eigenvalue weighted by molar-refractivity contribution is 7.09. The molecule has 0 saturated heterocycles. The zero-order valence-corrected chi connectivity index (χ0v) is 22.4. The number of aromatic nitrogens is 1. The van der Waals surface area contributed by atoms with Crippen LogP contribution in [0.1, 0.15) is 58.1 Å². The third kappa shape index (κ3) is 6.00. The lowest BCUT2D eigenvalue weighted by Crippen LogP contribution is -2.49. The molecule has 0 saturated carbocycles. The zero-order chi connectivity index (χ0) is 27.5. The molecule has 0 bridgehead atoms. The van der Waals surface area contributed by atoms with Gasteiger partial charge < -0.3 is 26.3 Å². The molecule has 2 aromatic carbocycles.